The zero-order valence-corrected chi connectivity index (χ0v) is 13.4. The molecule has 1 atom stereocenters. The van der Waals surface area contributed by atoms with Crippen LogP contribution in [0.5, 0.6) is 0 Å². The summed E-state index contributed by atoms with van der Waals surface area (Å²) in [5, 5.41) is 1.01. The Hall–Kier alpha value is -0.940. The molecule has 0 amide bonds. The lowest BCUT2D eigenvalue weighted by molar-refractivity contribution is 0.672. The number of nitrogens with two attached hydrogens (primary N) is 1. The van der Waals surface area contributed by atoms with E-state index >= 15 is 0 Å². The molecular weight excluding hydrogens is 288 g/mol. The van der Waals surface area contributed by atoms with Gasteiger partial charge in [-0.1, -0.05) is 13.3 Å². The van der Waals surface area contributed by atoms with Crippen LogP contribution in [0.2, 0.25) is 0 Å². The molecule has 0 aromatic carbocycles. The third-order valence-corrected chi connectivity index (χ3v) is 6.87. The summed E-state index contributed by atoms with van der Waals surface area (Å²) in [5.41, 5.74) is 9.47. The van der Waals surface area contributed by atoms with E-state index < -0.39 is 10.8 Å². The number of rotatable bonds is 4. The molecule has 2 heterocycles. The van der Waals surface area contributed by atoms with Crippen LogP contribution in [-0.4, -0.2) is 14.9 Å². The van der Waals surface area contributed by atoms with Crippen LogP contribution in [0.25, 0.3) is 10.2 Å². The third-order valence-electron chi connectivity index (χ3n) is 3.86. The molecule has 0 fully saturated rings. The Morgan fingerprint density at radius 3 is 3.00 bits per heavy atom. The fourth-order valence-corrected chi connectivity index (χ4v) is 5.46. The van der Waals surface area contributed by atoms with Crippen LogP contribution >= 0.6 is 11.3 Å². The normalized spacial score (nSPS) is 16.2. The summed E-state index contributed by atoms with van der Waals surface area (Å²) in [6.45, 7) is 2.11. The second-order valence-electron chi connectivity index (χ2n) is 5.36. The van der Waals surface area contributed by atoms with Gasteiger partial charge in [0, 0.05) is 16.8 Å². The van der Waals surface area contributed by atoms with E-state index in [1.807, 2.05) is 0 Å². The summed E-state index contributed by atoms with van der Waals surface area (Å²) >= 11 is 1.52. The molecule has 0 saturated carbocycles. The maximum atomic E-state index is 12.3. The van der Waals surface area contributed by atoms with Gasteiger partial charge in [0.25, 0.3) is 0 Å². The Labute approximate surface area is 126 Å². The van der Waals surface area contributed by atoms with Crippen molar-refractivity contribution in [2.75, 3.05) is 11.5 Å². The van der Waals surface area contributed by atoms with Gasteiger partial charge in [0.2, 0.25) is 0 Å². The van der Waals surface area contributed by atoms with E-state index in [0.717, 1.165) is 40.1 Å². The molecular formula is C15H20N2OS2. The molecule has 20 heavy (non-hydrogen) atoms. The van der Waals surface area contributed by atoms with Gasteiger partial charge >= 0.3 is 0 Å². The van der Waals surface area contributed by atoms with Crippen LogP contribution < -0.4 is 5.73 Å². The number of pyridine rings is 1. The minimum absolute atomic E-state index is 0.695. The van der Waals surface area contributed by atoms with Crippen LogP contribution in [-0.2, 0) is 23.6 Å². The summed E-state index contributed by atoms with van der Waals surface area (Å²) in [6, 6.07) is 2.18. The first kappa shape index (κ1) is 14.0. The van der Waals surface area contributed by atoms with Gasteiger partial charge in [-0.2, -0.15) is 0 Å². The Kier molecular flexibility index (Phi) is 4.08. The minimum atomic E-state index is -0.975. The first-order valence-corrected chi connectivity index (χ1v) is 9.43. The van der Waals surface area contributed by atoms with Crippen LogP contribution in [0.1, 0.15) is 43.9 Å². The molecule has 0 spiro atoms. The lowest BCUT2D eigenvalue weighted by Gasteiger charge is -2.14. The van der Waals surface area contributed by atoms with Gasteiger partial charge < -0.3 is 5.73 Å². The highest BCUT2D eigenvalue weighted by atomic mass is 32.2. The van der Waals surface area contributed by atoms with Crippen LogP contribution in [0.15, 0.2) is 10.3 Å². The van der Waals surface area contributed by atoms with Crippen molar-refractivity contribution < 1.29 is 4.21 Å². The Morgan fingerprint density at radius 2 is 2.20 bits per heavy atom. The predicted molar refractivity (Wildman–Crippen MR) is 86.9 cm³/mol. The summed E-state index contributed by atoms with van der Waals surface area (Å²) in [7, 11) is -0.975. The molecule has 5 heteroatoms. The van der Waals surface area contributed by atoms with E-state index in [0.29, 0.717) is 11.4 Å². The van der Waals surface area contributed by atoms with Crippen molar-refractivity contribution in [3.8, 4) is 0 Å². The van der Waals surface area contributed by atoms with E-state index in [9.17, 15) is 4.21 Å². The topological polar surface area (TPSA) is 56.0 Å². The lowest BCUT2D eigenvalue weighted by atomic mass is 9.95. The molecule has 1 aliphatic carbocycles. The van der Waals surface area contributed by atoms with E-state index in [1.165, 1.54) is 35.4 Å². The fraction of sp³-hybridized carbons (Fsp3) is 0.533. The number of aryl methyl sites for hydroxylation is 2. The highest BCUT2D eigenvalue weighted by molar-refractivity contribution is 7.87. The fourth-order valence-electron chi connectivity index (χ4n) is 2.68. The van der Waals surface area contributed by atoms with Crippen molar-refractivity contribution in [3.63, 3.8) is 0 Å². The van der Waals surface area contributed by atoms with Gasteiger partial charge in [-0.25, -0.2) is 4.98 Å². The molecule has 0 saturated heterocycles. The second kappa shape index (κ2) is 5.82. The molecule has 108 valence electrons. The van der Waals surface area contributed by atoms with Gasteiger partial charge in [-0.05, 0) is 43.7 Å². The Balaban J connectivity index is 2.03. The average Bonchev–Trinajstić information content (AvgIpc) is 2.79. The van der Waals surface area contributed by atoms with Crippen LogP contribution in [0.4, 0.5) is 5.69 Å². The summed E-state index contributed by atoms with van der Waals surface area (Å²) in [6.07, 6.45) is 6.66. The largest absolute Gasteiger partial charge is 0.397 e. The maximum absolute atomic E-state index is 12.3. The number of thiophene rings is 1. The number of hydrogen-bond acceptors (Lipinski definition) is 4. The van der Waals surface area contributed by atoms with Gasteiger partial charge in [0.1, 0.15) is 9.04 Å². The van der Waals surface area contributed by atoms with Gasteiger partial charge in [0.15, 0.2) is 0 Å². The monoisotopic (exact) mass is 308 g/mol. The van der Waals surface area contributed by atoms with Gasteiger partial charge in [-0.15, -0.1) is 11.3 Å². The summed E-state index contributed by atoms with van der Waals surface area (Å²) in [5.74, 6) is 0.702. The molecule has 0 bridgehead atoms. The highest BCUT2D eigenvalue weighted by Gasteiger charge is 2.19. The first-order chi connectivity index (χ1) is 9.70. The zero-order chi connectivity index (χ0) is 14.1. The van der Waals surface area contributed by atoms with Crippen molar-refractivity contribution in [2.24, 2.45) is 0 Å². The molecule has 2 N–H and O–H groups in total. The van der Waals surface area contributed by atoms with E-state index in [1.54, 1.807) is 0 Å². The molecule has 1 unspecified atom stereocenters. The summed E-state index contributed by atoms with van der Waals surface area (Å²) in [4.78, 5) is 5.73. The first-order valence-electron chi connectivity index (χ1n) is 7.30. The lowest BCUT2D eigenvalue weighted by Crippen LogP contribution is -2.04. The van der Waals surface area contributed by atoms with Crippen molar-refractivity contribution in [1.82, 2.24) is 4.98 Å². The molecule has 1 aliphatic rings. The number of fused-ring (bicyclic) bond motifs is 2. The predicted octanol–water partition coefficient (Wildman–Crippen LogP) is 3.67. The third kappa shape index (κ3) is 2.49. The quantitative estimate of drug-likeness (QED) is 0.937. The molecule has 2 aromatic rings. The molecule has 0 radical (unpaired) electrons. The second-order valence-corrected chi connectivity index (χ2v) is 8.13. The highest BCUT2D eigenvalue weighted by Crippen LogP contribution is 2.37. The van der Waals surface area contributed by atoms with Crippen molar-refractivity contribution in [3.05, 3.63) is 17.3 Å². The van der Waals surface area contributed by atoms with Gasteiger partial charge in [-0.3, -0.25) is 4.21 Å². The van der Waals surface area contributed by atoms with E-state index in [4.69, 9.17) is 10.7 Å². The van der Waals surface area contributed by atoms with Crippen molar-refractivity contribution in [1.29, 1.82) is 0 Å². The minimum Gasteiger partial charge on any atom is -0.397 e. The van der Waals surface area contributed by atoms with Crippen molar-refractivity contribution in [2.45, 2.75) is 49.7 Å². The van der Waals surface area contributed by atoms with E-state index in [-0.39, 0.29) is 0 Å². The Bertz CT molecular complexity index is 663. The molecule has 2 aromatic heterocycles. The zero-order valence-electron chi connectivity index (χ0n) is 11.8. The number of nitrogen functional groups attached to an aromatic ring is 1. The number of anilines is 1. The van der Waals surface area contributed by atoms with E-state index in [2.05, 4.69) is 13.0 Å². The molecule has 3 rings (SSSR count). The maximum Gasteiger partial charge on any atom is 0.126 e. The smallest absolute Gasteiger partial charge is 0.126 e. The van der Waals surface area contributed by atoms with Crippen LogP contribution in [0.3, 0.4) is 0 Å². The number of nitrogens with zero attached hydrogens (tertiary/aromatic N) is 1. The summed E-state index contributed by atoms with van der Waals surface area (Å²) < 4.78 is 13.2. The molecule has 3 nitrogen and oxygen atoms in total. The van der Waals surface area contributed by atoms with Crippen LogP contribution in [0, 0.1) is 0 Å². The standard InChI is InChI=1S/C15H20N2OS2/c1-2-3-8-20(18)15-13(16)11-9-10-6-4-5-7-12(10)17-14(11)19-15/h9H,2-8,16H2,1H3. The number of unbranched alkanes of at least 4 members (excludes halogenated alkanes) is 1. The molecule has 0 aliphatic heterocycles. The average molecular weight is 308 g/mol. The Morgan fingerprint density at radius 1 is 1.40 bits per heavy atom. The van der Waals surface area contributed by atoms with Crippen molar-refractivity contribution >= 4 is 38.0 Å². The number of hydrogen-bond donors (Lipinski definition) is 1. The van der Waals surface area contributed by atoms with Gasteiger partial charge in [0.05, 0.1) is 16.5 Å². The number of aromatic nitrogens is 1. The SMILES string of the molecule is CCCCS(=O)c1sc2nc3c(cc2c1N)CCCC3.